The van der Waals surface area contributed by atoms with Crippen LogP contribution in [0.4, 0.5) is 0 Å². The molecule has 1 fully saturated rings. The fourth-order valence-corrected chi connectivity index (χ4v) is 5.66. The zero-order valence-corrected chi connectivity index (χ0v) is 15.5. The van der Waals surface area contributed by atoms with Crippen LogP contribution in [0, 0.1) is 5.92 Å². The van der Waals surface area contributed by atoms with Crippen molar-refractivity contribution in [2.24, 2.45) is 5.92 Å². The summed E-state index contributed by atoms with van der Waals surface area (Å²) in [5, 5.41) is 1.05. The Morgan fingerprint density at radius 2 is 2.00 bits per heavy atom. The number of alkyl halides is 1. The number of nitrogens with one attached hydrogen (secondary N) is 1. The zero-order chi connectivity index (χ0) is 14.8. The molecule has 112 valence electrons. The SMILES string of the molecule is O=S(=O)(NC1CCCCC1CBr)c1ccc(Br)cc1Cl. The maximum absolute atomic E-state index is 12.5. The van der Waals surface area contributed by atoms with Gasteiger partial charge in [0.15, 0.2) is 0 Å². The maximum atomic E-state index is 12.5. The van der Waals surface area contributed by atoms with E-state index in [1.807, 2.05) is 0 Å². The molecule has 1 aliphatic carbocycles. The molecule has 0 spiro atoms. The normalized spacial score (nSPS) is 23.8. The summed E-state index contributed by atoms with van der Waals surface area (Å²) in [4.78, 5) is 0.140. The molecule has 0 amide bonds. The highest BCUT2D eigenvalue weighted by Crippen LogP contribution is 2.29. The van der Waals surface area contributed by atoms with Crippen LogP contribution in [0.1, 0.15) is 25.7 Å². The highest BCUT2D eigenvalue weighted by molar-refractivity contribution is 9.10. The molecule has 1 saturated carbocycles. The fourth-order valence-electron chi connectivity index (χ4n) is 2.50. The van der Waals surface area contributed by atoms with E-state index in [0.717, 1.165) is 35.5 Å². The molecule has 2 unspecified atom stereocenters. The van der Waals surface area contributed by atoms with E-state index in [4.69, 9.17) is 11.6 Å². The van der Waals surface area contributed by atoms with E-state index in [9.17, 15) is 8.42 Å². The first-order chi connectivity index (χ1) is 9.44. The average Bonchev–Trinajstić information content (AvgIpc) is 2.38. The first-order valence-corrected chi connectivity index (χ1v) is 10.2. The Bertz CT molecular complexity index is 580. The topological polar surface area (TPSA) is 46.2 Å². The Hall–Kier alpha value is 0.380. The molecule has 0 aliphatic heterocycles. The predicted octanol–water partition coefficient (Wildman–Crippen LogP) is 4.33. The van der Waals surface area contributed by atoms with Gasteiger partial charge in [-0.15, -0.1) is 0 Å². The smallest absolute Gasteiger partial charge is 0.208 e. The Kier molecular flexibility index (Phi) is 5.94. The van der Waals surface area contributed by atoms with E-state index in [1.165, 1.54) is 6.07 Å². The van der Waals surface area contributed by atoms with Crippen LogP contribution in [0.2, 0.25) is 5.02 Å². The second-order valence-electron chi connectivity index (χ2n) is 5.00. The fraction of sp³-hybridized carbons (Fsp3) is 0.538. The first-order valence-electron chi connectivity index (χ1n) is 6.47. The van der Waals surface area contributed by atoms with Crippen LogP contribution in [0.5, 0.6) is 0 Å². The minimum Gasteiger partial charge on any atom is -0.208 e. The third-order valence-electron chi connectivity index (χ3n) is 3.60. The van der Waals surface area contributed by atoms with Crippen molar-refractivity contribution in [2.45, 2.75) is 36.6 Å². The lowest BCUT2D eigenvalue weighted by atomic mass is 9.87. The molecule has 20 heavy (non-hydrogen) atoms. The first kappa shape index (κ1) is 16.7. The molecular formula is C13H16Br2ClNO2S. The number of sulfonamides is 1. The van der Waals surface area contributed by atoms with Gasteiger partial charge in [-0.3, -0.25) is 0 Å². The van der Waals surface area contributed by atoms with Crippen molar-refractivity contribution in [1.82, 2.24) is 4.72 Å². The van der Waals surface area contributed by atoms with Gasteiger partial charge in [0.2, 0.25) is 10.0 Å². The average molecular weight is 446 g/mol. The minimum atomic E-state index is -3.57. The minimum absolute atomic E-state index is 0.0205. The molecule has 2 atom stereocenters. The van der Waals surface area contributed by atoms with Gasteiger partial charge in [0, 0.05) is 15.8 Å². The van der Waals surface area contributed by atoms with Crippen LogP contribution in [0.25, 0.3) is 0 Å². The van der Waals surface area contributed by atoms with Gasteiger partial charge in [-0.05, 0) is 37.0 Å². The van der Waals surface area contributed by atoms with E-state index >= 15 is 0 Å². The molecule has 0 aromatic heterocycles. The van der Waals surface area contributed by atoms with Crippen LogP contribution < -0.4 is 4.72 Å². The number of hydrogen-bond donors (Lipinski definition) is 1. The van der Waals surface area contributed by atoms with E-state index < -0.39 is 10.0 Å². The summed E-state index contributed by atoms with van der Waals surface area (Å²) in [6.45, 7) is 0. The van der Waals surface area contributed by atoms with Gasteiger partial charge >= 0.3 is 0 Å². The molecule has 0 radical (unpaired) electrons. The standard InChI is InChI=1S/C13H16Br2ClNO2S/c14-8-9-3-1-2-4-12(9)17-20(18,19)13-6-5-10(15)7-11(13)16/h5-7,9,12,17H,1-4,8H2. The summed E-state index contributed by atoms with van der Waals surface area (Å²) in [5.41, 5.74) is 0. The molecule has 1 aliphatic rings. The van der Waals surface area contributed by atoms with Crippen molar-refractivity contribution in [1.29, 1.82) is 0 Å². The van der Waals surface area contributed by atoms with Crippen molar-refractivity contribution in [3.63, 3.8) is 0 Å². The summed E-state index contributed by atoms with van der Waals surface area (Å²) < 4.78 is 28.5. The Balaban J connectivity index is 2.22. The monoisotopic (exact) mass is 443 g/mol. The second-order valence-corrected chi connectivity index (χ2v) is 8.65. The molecule has 0 heterocycles. The van der Waals surface area contributed by atoms with Crippen molar-refractivity contribution < 1.29 is 8.42 Å². The molecule has 3 nitrogen and oxygen atoms in total. The van der Waals surface area contributed by atoms with E-state index in [0.29, 0.717) is 5.92 Å². The Morgan fingerprint density at radius 3 is 2.65 bits per heavy atom. The van der Waals surface area contributed by atoms with Crippen molar-refractivity contribution in [3.8, 4) is 0 Å². The summed E-state index contributed by atoms with van der Waals surface area (Å²) in [5.74, 6) is 0.341. The molecule has 7 heteroatoms. The van der Waals surface area contributed by atoms with Crippen molar-refractivity contribution in [3.05, 3.63) is 27.7 Å². The van der Waals surface area contributed by atoms with Crippen molar-refractivity contribution >= 4 is 53.5 Å². The highest BCUT2D eigenvalue weighted by atomic mass is 79.9. The third kappa shape index (κ3) is 3.97. The number of rotatable bonds is 4. The summed E-state index contributed by atoms with van der Waals surface area (Å²) in [6, 6.07) is 4.79. The maximum Gasteiger partial charge on any atom is 0.242 e. The predicted molar refractivity (Wildman–Crippen MR) is 89.0 cm³/mol. The largest absolute Gasteiger partial charge is 0.242 e. The van der Waals surface area contributed by atoms with E-state index in [1.54, 1.807) is 12.1 Å². The van der Waals surface area contributed by atoms with Gasteiger partial charge in [-0.1, -0.05) is 56.3 Å². The lowest BCUT2D eigenvalue weighted by Crippen LogP contribution is -2.42. The van der Waals surface area contributed by atoms with Crippen LogP contribution in [-0.4, -0.2) is 19.8 Å². The molecule has 1 N–H and O–H groups in total. The van der Waals surface area contributed by atoms with Gasteiger partial charge in [0.1, 0.15) is 4.90 Å². The van der Waals surface area contributed by atoms with Crippen molar-refractivity contribution in [2.75, 3.05) is 5.33 Å². The lowest BCUT2D eigenvalue weighted by Gasteiger charge is -2.30. The van der Waals surface area contributed by atoms with Gasteiger partial charge in [-0.25, -0.2) is 13.1 Å². The van der Waals surface area contributed by atoms with E-state index in [2.05, 4.69) is 36.6 Å². The van der Waals surface area contributed by atoms with Gasteiger partial charge < -0.3 is 0 Å². The summed E-state index contributed by atoms with van der Waals surface area (Å²) >= 11 is 12.8. The Morgan fingerprint density at radius 1 is 1.30 bits per heavy atom. The van der Waals surface area contributed by atoms with E-state index in [-0.39, 0.29) is 16.0 Å². The van der Waals surface area contributed by atoms with Crippen LogP contribution in [0.3, 0.4) is 0 Å². The van der Waals surface area contributed by atoms with Crippen LogP contribution >= 0.6 is 43.5 Å². The quantitative estimate of drug-likeness (QED) is 0.701. The lowest BCUT2D eigenvalue weighted by molar-refractivity contribution is 0.316. The second kappa shape index (κ2) is 7.09. The van der Waals surface area contributed by atoms with Gasteiger partial charge in [0.25, 0.3) is 0 Å². The molecule has 0 saturated heterocycles. The zero-order valence-electron chi connectivity index (χ0n) is 10.8. The summed E-state index contributed by atoms with van der Waals surface area (Å²) in [7, 11) is -3.57. The molecular weight excluding hydrogens is 429 g/mol. The number of hydrogen-bond acceptors (Lipinski definition) is 2. The molecule has 1 aromatic rings. The van der Waals surface area contributed by atoms with Crippen LogP contribution in [-0.2, 0) is 10.0 Å². The molecule has 1 aromatic carbocycles. The molecule has 0 bridgehead atoms. The third-order valence-corrected chi connectivity index (χ3v) is 6.89. The number of benzene rings is 1. The van der Waals surface area contributed by atoms with Gasteiger partial charge in [-0.2, -0.15) is 0 Å². The highest BCUT2D eigenvalue weighted by Gasteiger charge is 2.29. The van der Waals surface area contributed by atoms with Gasteiger partial charge in [0.05, 0.1) is 5.02 Å². The number of halogens is 3. The molecule has 2 rings (SSSR count). The van der Waals surface area contributed by atoms with Crippen LogP contribution in [0.15, 0.2) is 27.6 Å². The summed E-state index contributed by atoms with van der Waals surface area (Å²) in [6.07, 6.45) is 4.15. The Labute approximate surface area is 141 Å².